The van der Waals surface area contributed by atoms with Gasteiger partial charge in [-0.2, -0.15) is 4.98 Å². The Hall–Kier alpha value is -3.45. The van der Waals surface area contributed by atoms with Gasteiger partial charge in [0.2, 0.25) is 0 Å². The van der Waals surface area contributed by atoms with Gasteiger partial charge < -0.3 is 35.4 Å². The predicted octanol–water partition coefficient (Wildman–Crippen LogP) is 4.71. The van der Waals surface area contributed by atoms with Gasteiger partial charge >= 0.3 is 12.1 Å². The maximum atomic E-state index is 14.2. The number of amides is 2. The first-order valence-corrected chi connectivity index (χ1v) is 14.2. The van der Waals surface area contributed by atoms with Crippen LogP contribution in [0.25, 0.3) is 0 Å². The summed E-state index contributed by atoms with van der Waals surface area (Å²) < 4.78 is 25.6. The van der Waals surface area contributed by atoms with Gasteiger partial charge in [0.25, 0.3) is 5.91 Å². The largest absolute Gasteiger partial charge is 0.460 e. The quantitative estimate of drug-likeness (QED) is 0.298. The summed E-state index contributed by atoms with van der Waals surface area (Å²) in [4.78, 5) is 39.7. The minimum Gasteiger partial charge on any atom is -0.460 e. The number of hydrogen-bond donors (Lipinski definition) is 4. The number of ether oxygens (including phenoxy) is 2. The average molecular weight is 610 g/mol. The number of alkyl halides is 1. The van der Waals surface area contributed by atoms with Crippen molar-refractivity contribution in [2.24, 2.45) is 0 Å². The standard InChI is InChI=1S/C28H41ClFN7O5/c1-16(2)34-20-12-22(31-13-18(20)24(38)32-15-21(30)28(6,7)40)35-23-19(29)14-33-25(36-23)41-17-8-10-37(11-9-17)26(39)42-27(3,4)5/h12-14,16-17,21,40H,8-11,15H2,1-7H3,(H,32,38)(H2,31,33,34,35,36). The maximum absolute atomic E-state index is 14.2. The lowest BCUT2D eigenvalue weighted by Crippen LogP contribution is -2.44. The molecule has 1 fully saturated rings. The van der Waals surface area contributed by atoms with Crippen LogP contribution < -0.4 is 20.7 Å². The van der Waals surface area contributed by atoms with E-state index >= 15 is 0 Å². The summed E-state index contributed by atoms with van der Waals surface area (Å²) in [6.45, 7) is 12.6. The lowest BCUT2D eigenvalue weighted by molar-refractivity contribution is -0.00180. The van der Waals surface area contributed by atoms with E-state index in [1.165, 1.54) is 26.2 Å². The van der Waals surface area contributed by atoms with Gasteiger partial charge in [-0.25, -0.2) is 19.2 Å². The number of aromatic nitrogens is 3. The fourth-order valence-electron chi connectivity index (χ4n) is 3.91. The molecule has 12 nitrogen and oxygen atoms in total. The second-order valence-electron chi connectivity index (χ2n) is 12.0. The molecular formula is C28H41ClFN7O5. The van der Waals surface area contributed by atoms with Gasteiger partial charge in [0.1, 0.15) is 28.7 Å². The summed E-state index contributed by atoms with van der Waals surface area (Å²) in [6.07, 6.45) is 1.74. The Balaban J connectivity index is 1.68. The summed E-state index contributed by atoms with van der Waals surface area (Å²) in [5.74, 6) is 0.0443. The Kier molecular flexibility index (Phi) is 10.8. The number of likely N-dealkylation sites (tertiary alicyclic amines) is 1. The summed E-state index contributed by atoms with van der Waals surface area (Å²) in [5, 5.41) is 18.8. The predicted molar refractivity (Wildman–Crippen MR) is 158 cm³/mol. The van der Waals surface area contributed by atoms with Crippen LogP contribution in [-0.2, 0) is 4.74 Å². The highest BCUT2D eigenvalue weighted by atomic mass is 35.5. The number of rotatable bonds is 10. The topological polar surface area (TPSA) is 151 Å². The number of pyridine rings is 1. The van der Waals surface area contributed by atoms with Gasteiger partial charge in [-0.1, -0.05) is 11.6 Å². The minimum absolute atomic E-state index is 0.0264. The monoisotopic (exact) mass is 609 g/mol. The van der Waals surface area contributed by atoms with E-state index in [2.05, 4.69) is 30.9 Å². The summed E-state index contributed by atoms with van der Waals surface area (Å²) in [7, 11) is 0. The van der Waals surface area contributed by atoms with E-state index in [1.807, 2.05) is 34.6 Å². The number of carbonyl (C=O) groups is 2. The second-order valence-corrected chi connectivity index (χ2v) is 12.4. The number of piperidine rings is 1. The number of nitrogens with one attached hydrogen (secondary N) is 3. The number of aliphatic hydroxyl groups is 1. The number of hydrogen-bond acceptors (Lipinski definition) is 10. The molecule has 1 unspecified atom stereocenters. The van der Waals surface area contributed by atoms with Crippen LogP contribution in [0.3, 0.4) is 0 Å². The van der Waals surface area contributed by atoms with Crippen LogP contribution >= 0.6 is 11.6 Å². The van der Waals surface area contributed by atoms with Gasteiger partial charge in [0.05, 0.1) is 29.6 Å². The van der Waals surface area contributed by atoms with Crippen molar-refractivity contribution >= 4 is 40.9 Å². The third kappa shape index (κ3) is 9.83. The molecule has 232 valence electrons. The van der Waals surface area contributed by atoms with Crippen molar-refractivity contribution in [1.29, 1.82) is 0 Å². The maximum Gasteiger partial charge on any atom is 0.410 e. The Morgan fingerprint density at radius 3 is 2.43 bits per heavy atom. The van der Waals surface area contributed by atoms with E-state index in [0.717, 1.165) is 0 Å². The van der Waals surface area contributed by atoms with E-state index in [1.54, 1.807) is 11.0 Å². The van der Waals surface area contributed by atoms with Crippen molar-refractivity contribution in [1.82, 2.24) is 25.2 Å². The third-order valence-electron chi connectivity index (χ3n) is 6.14. The highest BCUT2D eigenvalue weighted by molar-refractivity contribution is 6.32. The molecule has 0 aromatic carbocycles. The van der Waals surface area contributed by atoms with Gasteiger partial charge in [-0.15, -0.1) is 0 Å². The molecule has 0 spiro atoms. The van der Waals surface area contributed by atoms with Crippen LogP contribution in [0.4, 0.5) is 26.5 Å². The summed E-state index contributed by atoms with van der Waals surface area (Å²) in [5.41, 5.74) is -1.49. The fourth-order valence-corrected chi connectivity index (χ4v) is 4.05. The molecule has 2 amide bonds. The van der Waals surface area contributed by atoms with Crippen LogP contribution in [0.1, 0.15) is 71.7 Å². The molecule has 2 aromatic heterocycles. The molecule has 3 heterocycles. The van der Waals surface area contributed by atoms with Gasteiger partial charge in [0.15, 0.2) is 5.82 Å². The molecule has 1 saturated heterocycles. The Morgan fingerprint density at radius 1 is 1.17 bits per heavy atom. The second kappa shape index (κ2) is 13.7. The zero-order valence-electron chi connectivity index (χ0n) is 25.1. The first-order valence-electron chi connectivity index (χ1n) is 13.9. The molecule has 14 heteroatoms. The van der Waals surface area contributed by atoms with Gasteiger partial charge in [-0.3, -0.25) is 4.79 Å². The third-order valence-corrected chi connectivity index (χ3v) is 6.41. The summed E-state index contributed by atoms with van der Waals surface area (Å²) >= 11 is 6.34. The molecule has 1 atom stereocenters. The summed E-state index contributed by atoms with van der Waals surface area (Å²) in [6, 6.07) is 1.70. The van der Waals surface area contributed by atoms with E-state index < -0.39 is 23.3 Å². The Morgan fingerprint density at radius 2 is 1.83 bits per heavy atom. The van der Waals surface area contributed by atoms with E-state index in [4.69, 9.17) is 21.1 Å². The molecule has 3 rings (SSSR count). The fraction of sp³-hybridized carbons (Fsp3) is 0.607. The molecule has 0 bridgehead atoms. The molecule has 1 aliphatic heterocycles. The van der Waals surface area contributed by atoms with Crippen molar-refractivity contribution in [2.45, 2.75) is 90.8 Å². The van der Waals surface area contributed by atoms with Gasteiger partial charge in [0, 0.05) is 44.2 Å². The van der Waals surface area contributed by atoms with Gasteiger partial charge in [-0.05, 0) is 48.5 Å². The van der Waals surface area contributed by atoms with Crippen molar-refractivity contribution in [3.63, 3.8) is 0 Å². The van der Waals surface area contributed by atoms with Crippen molar-refractivity contribution < 1.29 is 28.6 Å². The number of anilines is 3. The van der Waals surface area contributed by atoms with Crippen LogP contribution in [-0.4, -0.2) is 86.1 Å². The van der Waals surface area contributed by atoms with Crippen LogP contribution in [0.5, 0.6) is 6.01 Å². The first kappa shape index (κ1) is 33.1. The molecule has 2 aromatic rings. The van der Waals surface area contributed by atoms with Crippen LogP contribution in [0.15, 0.2) is 18.5 Å². The van der Waals surface area contributed by atoms with E-state index in [9.17, 15) is 19.1 Å². The number of halogens is 2. The first-order chi connectivity index (χ1) is 19.5. The van der Waals surface area contributed by atoms with Crippen molar-refractivity contribution in [3.8, 4) is 6.01 Å². The van der Waals surface area contributed by atoms with Crippen molar-refractivity contribution in [2.75, 3.05) is 30.3 Å². The molecule has 0 radical (unpaired) electrons. The highest BCUT2D eigenvalue weighted by Gasteiger charge is 2.29. The minimum atomic E-state index is -1.65. The molecule has 4 N–H and O–H groups in total. The molecule has 0 saturated carbocycles. The molecule has 42 heavy (non-hydrogen) atoms. The molecule has 0 aliphatic carbocycles. The Bertz CT molecular complexity index is 1240. The normalized spacial score (nSPS) is 15.3. The van der Waals surface area contributed by atoms with Crippen LogP contribution in [0, 0.1) is 0 Å². The van der Waals surface area contributed by atoms with E-state index in [-0.39, 0.29) is 47.2 Å². The average Bonchev–Trinajstić information content (AvgIpc) is 2.87. The molecular weight excluding hydrogens is 569 g/mol. The van der Waals surface area contributed by atoms with Crippen LogP contribution in [0.2, 0.25) is 5.02 Å². The SMILES string of the molecule is CC(C)Nc1cc(Nc2nc(OC3CCN(C(=O)OC(C)(C)C)CC3)ncc2Cl)ncc1C(=O)NCC(F)C(C)(C)O. The number of carbonyl (C=O) groups excluding carboxylic acids is 2. The zero-order chi connectivity index (χ0) is 31.2. The zero-order valence-corrected chi connectivity index (χ0v) is 25.9. The Labute approximate surface area is 250 Å². The smallest absolute Gasteiger partial charge is 0.410 e. The highest BCUT2D eigenvalue weighted by Crippen LogP contribution is 2.28. The van der Waals surface area contributed by atoms with E-state index in [0.29, 0.717) is 37.4 Å². The number of nitrogens with zero attached hydrogens (tertiary/aromatic N) is 4. The lowest BCUT2D eigenvalue weighted by atomic mass is 10.0. The lowest BCUT2D eigenvalue weighted by Gasteiger charge is -2.33. The molecule has 1 aliphatic rings. The van der Waals surface area contributed by atoms with Crippen molar-refractivity contribution in [3.05, 3.63) is 29.0 Å².